The summed E-state index contributed by atoms with van der Waals surface area (Å²) in [6, 6.07) is 0. The molecule has 162 valence electrons. The molecule has 1 aliphatic heterocycles. The summed E-state index contributed by atoms with van der Waals surface area (Å²) in [5.41, 5.74) is 0. The minimum atomic E-state index is -2.50. The molecule has 0 aromatic heterocycles. The second kappa shape index (κ2) is 14.9. The molecule has 0 aromatic rings. The van der Waals surface area contributed by atoms with Crippen LogP contribution in [0, 0.1) is 0 Å². The molecule has 6 nitrogen and oxygen atoms in total. The summed E-state index contributed by atoms with van der Waals surface area (Å²) in [5, 5.41) is 0. The third kappa shape index (κ3) is 9.83. The van der Waals surface area contributed by atoms with Gasteiger partial charge in [-0.2, -0.15) is 0 Å². The molecule has 0 aliphatic carbocycles. The van der Waals surface area contributed by atoms with Crippen LogP contribution in [0.25, 0.3) is 0 Å². The van der Waals surface area contributed by atoms with Gasteiger partial charge < -0.3 is 18.2 Å². The Labute approximate surface area is 169 Å². The van der Waals surface area contributed by atoms with Crippen LogP contribution in [-0.4, -0.2) is 103 Å². The van der Waals surface area contributed by atoms with Crippen molar-refractivity contribution in [3.05, 3.63) is 0 Å². The summed E-state index contributed by atoms with van der Waals surface area (Å²) < 4.78 is 16.7. The Bertz CT molecular complexity index is 333. The van der Waals surface area contributed by atoms with E-state index in [1.807, 2.05) is 0 Å². The smallest absolute Gasteiger partial charge is 0.376 e. The zero-order valence-electron chi connectivity index (χ0n) is 18.7. The van der Waals surface area contributed by atoms with Gasteiger partial charge in [0.15, 0.2) is 0 Å². The lowest BCUT2D eigenvalue weighted by Gasteiger charge is -2.38. The van der Waals surface area contributed by atoms with Gasteiger partial charge in [-0.3, -0.25) is 9.80 Å². The highest BCUT2D eigenvalue weighted by atomic mass is 28.4. The van der Waals surface area contributed by atoms with Crippen LogP contribution < -0.4 is 0 Å². The molecule has 0 amide bonds. The maximum atomic E-state index is 5.57. The van der Waals surface area contributed by atoms with E-state index in [4.69, 9.17) is 13.3 Å². The molecule has 7 heteroatoms. The Morgan fingerprint density at radius 2 is 1.19 bits per heavy atom. The van der Waals surface area contributed by atoms with Crippen molar-refractivity contribution in [1.29, 1.82) is 0 Å². The number of hydrogen-bond donors (Lipinski definition) is 0. The monoisotopic (exact) mass is 403 g/mol. The highest BCUT2D eigenvalue weighted by molar-refractivity contribution is 6.60. The Kier molecular flexibility index (Phi) is 13.8. The fourth-order valence-electron chi connectivity index (χ4n) is 3.68. The van der Waals surface area contributed by atoms with E-state index in [2.05, 4.69) is 28.5 Å². The Balaban J connectivity index is 2.33. The largest absolute Gasteiger partial charge is 0.514 e. The minimum absolute atomic E-state index is 0.782. The predicted molar refractivity (Wildman–Crippen MR) is 115 cm³/mol. The van der Waals surface area contributed by atoms with E-state index in [1.165, 1.54) is 64.7 Å². The van der Waals surface area contributed by atoms with E-state index < -0.39 is 8.80 Å². The zero-order chi connectivity index (χ0) is 20.0. The van der Waals surface area contributed by atoms with Gasteiger partial charge in [-0.15, -0.1) is 0 Å². The molecule has 1 fully saturated rings. The Morgan fingerprint density at radius 3 is 1.63 bits per heavy atom. The van der Waals surface area contributed by atoms with Crippen molar-refractivity contribution in [2.45, 2.75) is 52.4 Å². The van der Waals surface area contributed by atoms with Crippen LogP contribution in [0.1, 0.15) is 52.4 Å². The second-order valence-corrected chi connectivity index (χ2v) is 10.6. The van der Waals surface area contributed by atoms with E-state index in [0.717, 1.165) is 32.3 Å². The van der Waals surface area contributed by atoms with Gasteiger partial charge in [0.25, 0.3) is 0 Å². The van der Waals surface area contributed by atoms with Crippen LogP contribution >= 0.6 is 0 Å². The number of nitrogens with zero attached hydrogens (tertiary/aromatic N) is 3. The van der Waals surface area contributed by atoms with Gasteiger partial charge in [0.05, 0.1) is 6.17 Å². The summed E-state index contributed by atoms with van der Waals surface area (Å²) >= 11 is 0. The van der Waals surface area contributed by atoms with Crippen LogP contribution in [0.15, 0.2) is 0 Å². The Morgan fingerprint density at radius 1 is 0.704 bits per heavy atom. The fraction of sp³-hybridized carbons (Fsp3) is 1.00. The van der Waals surface area contributed by atoms with Gasteiger partial charge in [0, 0.05) is 60.6 Å². The van der Waals surface area contributed by atoms with Gasteiger partial charge >= 0.3 is 8.80 Å². The van der Waals surface area contributed by atoms with Crippen LogP contribution in [0.4, 0.5) is 0 Å². The molecular formula is C20H45N3O3Si. The molecular weight excluding hydrogens is 358 g/mol. The first-order valence-corrected chi connectivity index (χ1v) is 12.9. The first kappa shape index (κ1) is 25.0. The van der Waals surface area contributed by atoms with Gasteiger partial charge in [0.1, 0.15) is 0 Å². The molecule has 0 aromatic carbocycles. The molecule has 0 spiro atoms. The molecule has 1 saturated heterocycles. The SMILES string of the molecule is CCCCCN(CCCCC)CCN1CCN(C[Si](OC)(OC)OC)CC1. The van der Waals surface area contributed by atoms with Gasteiger partial charge in [-0.25, -0.2) is 0 Å². The minimum Gasteiger partial charge on any atom is -0.376 e. The molecule has 0 saturated carbocycles. The van der Waals surface area contributed by atoms with E-state index >= 15 is 0 Å². The summed E-state index contributed by atoms with van der Waals surface area (Å²) in [4.78, 5) is 7.73. The van der Waals surface area contributed by atoms with Crippen LogP contribution in [0.2, 0.25) is 0 Å². The average Bonchev–Trinajstić information content (AvgIpc) is 2.71. The molecule has 1 heterocycles. The third-order valence-corrected chi connectivity index (χ3v) is 8.40. The van der Waals surface area contributed by atoms with Crippen LogP contribution in [-0.2, 0) is 13.3 Å². The normalized spacial score (nSPS) is 17.1. The lowest BCUT2D eigenvalue weighted by Crippen LogP contribution is -2.58. The quantitative estimate of drug-likeness (QED) is 0.291. The summed E-state index contributed by atoms with van der Waals surface area (Å²) in [5.74, 6) is 0. The standard InChI is InChI=1S/C20H45N3O3Si/c1-6-8-10-12-21(13-11-9-7-2)14-15-22-16-18-23(19-17-22)20-27(24-3,25-4)26-5/h6-20H2,1-5H3. The lowest BCUT2D eigenvalue weighted by molar-refractivity contribution is 0.0793. The maximum Gasteiger partial charge on any atom is 0.514 e. The lowest BCUT2D eigenvalue weighted by atomic mass is 10.2. The number of piperazine rings is 1. The summed E-state index contributed by atoms with van der Waals surface area (Å²) in [7, 11) is 2.59. The van der Waals surface area contributed by atoms with Crippen molar-refractivity contribution < 1.29 is 13.3 Å². The molecule has 1 aliphatic rings. The molecule has 0 bridgehead atoms. The van der Waals surface area contributed by atoms with Gasteiger partial charge in [-0.05, 0) is 25.9 Å². The molecule has 0 unspecified atom stereocenters. The number of unbranched alkanes of at least 4 members (excludes halogenated alkanes) is 4. The van der Waals surface area contributed by atoms with Gasteiger partial charge in [0.2, 0.25) is 0 Å². The number of rotatable bonds is 16. The van der Waals surface area contributed by atoms with E-state index in [0.29, 0.717) is 0 Å². The molecule has 27 heavy (non-hydrogen) atoms. The van der Waals surface area contributed by atoms with Crippen molar-refractivity contribution in [1.82, 2.24) is 14.7 Å². The molecule has 0 N–H and O–H groups in total. The van der Waals surface area contributed by atoms with E-state index in [9.17, 15) is 0 Å². The van der Waals surface area contributed by atoms with E-state index in [1.54, 1.807) is 21.3 Å². The van der Waals surface area contributed by atoms with E-state index in [-0.39, 0.29) is 0 Å². The first-order valence-electron chi connectivity index (χ1n) is 11.0. The third-order valence-electron chi connectivity index (χ3n) is 5.70. The van der Waals surface area contributed by atoms with Crippen molar-refractivity contribution in [3.63, 3.8) is 0 Å². The van der Waals surface area contributed by atoms with Crippen molar-refractivity contribution in [3.8, 4) is 0 Å². The first-order chi connectivity index (χ1) is 13.1. The van der Waals surface area contributed by atoms with Crippen molar-refractivity contribution in [2.75, 3.05) is 79.9 Å². The van der Waals surface area contributed by atoms with Crippen LogP contribution in [0.5, 0.6) is 0 Å². The summed E-state index contributed by atoms with van der Waals surface area (Å²) in [6.45, 7) is 13.9. The topological polar surface area (TPSA) is 37.4 Å². The maximum absolute atomic E-state index is 5.57. The van der Waals surface area contributed by atoms with Crippen LogP contribution in [0.3, 0.4) is 0 Å². The highest BCUT2D eigenvalue weighted by Crippen LogP contribution is 2.11. The molecule has 0 radical (unpaired) electrons. The fourth-order valence-corrected chi connectivity index (χ4v) is 5.43. The molecule has 1 rings (SSSR count). The van der Waals surface area contributed by atoms with Crippen molar-refractivity contribution >= 4 is 8.80 Å². The summed E-state index contributed by atoms with van der Waals surface area (Å²) in [6.07, 6.45) is 8.78. The van der Waals surface area contributed by atoms with Crippen molar-refractivity contribution in [2.24, 2.45) is 0 Å². The highest BCUT2D eigenvalue weighted by Gasteiger charge is 2.40. The number of hydrogen-bond acceptors (Lipinski definition) is 6. The predicted octanol–water partition coefficient (Wildman–Crippen LogP) is 2.70. The van der Waals surface area contributed by atoms with Gasteiger partial charge in [-0.1, -0.05) is 39.5 Å². The Hall–Kier alpha value is -0.0231. The average molecular weight is 404 g/mol. The second-order valence-electron chi connectivity index (χ2n) is 7.67. The molecule has 0 atom stereocenters. The zero-order valence-corrected chi connectivity index (χ0v) is 19.7.